The molecular formula is C14H14BrF4NO. The summed E-state index contributed by atoms with van der Waals surface area (Å²) in [6.07, 6.45) is -3.74. The number of likely N-dealkylation sites (tertiary alicyclic amines) is 1. The smallest absolute Gasteiger partial charge is 0.326 e. The molecule has 1 unspecified atom stereocenters. The maximum absolute atomic E-state index is 13.9. The summed E-state index contributed by atoms with van der Waals surface area (Å²) in [4.78, 5) is 13.1. The molecule has 0 bridgehead atoms. The molecule has 0 saturated carbocycles. The Kier molecular flexibility index (Phi) is 4.60. The minimum atomic E-state index is -4.50. The second-order valence-electron chi connectivity index (χ2n) is 5.11. The molecule has 0 aromatic heterocycles. The lowest BCUT2D eigenvalue weighted by molar-refractivity contribution is -0.183. The quantitative estimate of drug-likeness (QED) is 0.671. The Morgan fingerprint density at radius 1 is 1.33 bits per heavy atom. The summed E-state index contributed by atoms with van der Waals surface area (Å²) < 4.78 is 53.3. The van der Waals surface area contributed by atoms with Crippen LogP contribution in [0.2, 0.25) is 0 Å². The Morgan fingerprint density at radius 2 is 2.00 bits per heavy atom. The van der Waals surface area contributed by atoms with E-state index in [9.17, 15) is 22.4 Å². The molecule has 2 nitrogen and oxygen atoms in total. The van der Waals surface area contributed by atoms with E-state index < -0.39 is 23.9 Å². The maximum atomic E-state index is 13.9. The number of hydrogen-bond acceptors (Lipinski definition) is 1. The van der Waals surface area contributed by atoms with Crippen molar-refractivity contribution in [1.29, 1.82) is 0 Å². The molecule has 1 fully saturated rings. The molecule has 1 saturated heterocycles. The lowest BCUT2D eigenvalue weighted by Gasteiger charge is -2.37. The van der Waals surface area contributed by atoms with Crippen molar-refractivity contribution in [2.45, 2.75) is 38.4 Å². The number of rotatable bonds is 1. The van der Waals surface area contributed by atoms with E-state index >= 15 is 0 Å². The van der Waals surface area contributed by atoms with Crippen LogP contribution in [0.5, 0.6) is 0 Å². The Balaban J connectivity index is 2.41. The van der Waals surface area contributed by atoms with E-state index in [2.05, 4.69) is 15.9 Å². The number of carbonyl (C=O) groups excluding carboxylic acids is 1. The van der Waals surface area contributed by atoms with Crippen LogP contribution in [-0.4, -0.2) is 29.6 Å². The van der Waals surface area contributed by atoms with Crippen LogP contribution >= 0.6 is 15.9 Å². The molecular weight excluding hydrogens is 354 g/mol. The maximum Gasteiger partial charge on any atom is 0.408 e. The lowest BCUT2D eigenvalue weighted by Crippen LogP contribution is -2.51. The monoisotopic (exact) mass is 367 g/mol. The van der Waals surface area contributed by atoms with Crippen LogP contribution in [0.15, 0.2) is 16.6 Å². The van der Waals surface area contributed by atoms with Crippen LogP contribution in [0.1, 0.15) is 35.2 Å². The molecule has 1 heterocycles. The van der Waals surface area contributed by atoms with Crippen molar-refractivity contribution in [3.05, 3.63) is 33.5 Å². The number of nitrogens with zero attached hydrogens (tertiary/aromatic N) is 1. The van der Waals surface area contributed by atoms with Crippen molar-refractivity contribution in [2.75, 3.05) is 6.54 Å². The molecule has 7 heteroatoms. The van der Waals surface area contributed by atoms with Crippen molar-refractivity contribution in [3.8, 4) is 0 Å². The highest BCUT2D eigenvalue weighted by Gasteiger charge is 2.46. The minimum Gasteiger partial charge on any atom is -0.326 e. The van der Waals surface area contributed by atoms with Gasteiger partial charge >= 0.3 is 6.18 Å². The van der Waals surface area contributed by atoms with E-state index in [4.69, 9.17) is 0 Å². The standard InChI is InChI=1S/C14H14BrF4NO/c1-8-5-6-9(16)11(12(8)15)13(21)20-7-3-2-4-10(20)14(17,18)19/h5-6,10H,2-4,7H2,1H3. The first-order valence-corrected chi connectivity index (χ1v) is 7.35. The second-order valence-corrected chi connectivity index (χ2v) is 5.90. The SMILES string of the molecule is Cc1ccc(F)c(C(=O)N2CCCCC2C(F)(F)F)c1Br. The van der Waals surface area contributed by atoms with E-state index in [1.54, 1.807) is 6.92 Å². The van der Waals surface area contributed by atoms with E-state index in [0.717, 1.165) is 11.0 Å². The van der Waals surface area contributed by atoms with Gasteiger partial charge in [-0.3, -0.25) is 4.79 Å². The van der Waals surface area contributed by atoms with E-state index in [1.807, 2.05) is 0 Å². The van der Waals surface area contributed by atoms with Crippen LogP contribution in [-0.2, 0) is 0 Å². The third-order valence-electron chi connectivity index (χ3n) is 3.64. The second kappa shape index (κ2) is 5.94. The van der Waals surface area contributed by atoms with Crippen LogP contribution in [0.25, 0.3) is 0 Å². The molecule has 21 heavy (non-hydrogen) atoms. The van der Waals surface area contributed by atoms with Gasteiger partial charge in [0.1, 0.15) is 11.9 Å². The third kappa shape index (κ3) is 3.22. The zero-order valence-corrected chi connectivity index (χ0v) is 12.9. The Bertz CT molecular complexity index is 559. The van der Waals surface area contributed by atoms with Gasteiger partial charge in [0, 0.05) is 11.0 Å². The predicted molar refractivity (Wildman–Crippen MR) is 73.6 cm³/mol. The molecule has 2 rings (SSSR count). The summed E-state index contributed by atoms with van der Waals surface area (Å²) in [5.41, 5.74) is 0.270. The van der Waals surface area contributed by atoms with Crippen molar-refractivity contribution >= 4 is 21.8 Å². The number of amides is 1. The first-order valence-electron chi connectivity index (χ1n) is 6.55. The summed E-state index contributed by atoms with van der Waals surface area (Å²) in [6.45, 7) is 1.64. The highest BCUT2D eigenvalue weighted by Crippen LogP contribution is 2.34. The minimum absolute atomic E-state index is 0.0111. The number of halogens is 5. The van der Waals surface area contributed by atoms with Crippen molar-refractivity contribution < 1.29 is 22.4 Å². The predicted octanol–water partition coefficient (Wildman–Crippen LogP) is 4.45. The fourth-order valence-corrected chi connectivity index (χ4v) is 3.00. The van der Waals surface area contributed by atoms with E-state index in [0.29, 0.717) is 18.4 Å². The van der Waals surface area contributed by atoms with Crippen molar-refractivity contribution in [1.82, 2.24) is 4.90 Å². The molecule has 1 aromatic rings. The number of alkyl halides is 3. The molecule has 0 N–H and O–H groups in total. The molecule has 1 atom stereocenters. The fourth-order valence-electron chi connectivity index (χ4n) is 2.51. The summed E-state index contributed by atoms with van der Waals surface area (Å²) in [5.74, 6) is -1.73. The Morgan fingerprint density at radius 3 is 2.62 bits per heavy atom. The molecule has 116 valence electrons. The molecule has 1 aromatic carbocycles. The summed E-state index contributed by atoms with van der Waals surface area (Å²) >= 11 is 3.10. The van der Waals surface area contributed by atoms with Gasteiger partial charge in [0.2, 0.25) is 0 Å². The van der Waals surface area contributed by atoms with E-state index in [-0.39, 0.29) is 23.0 Å². The van der Waals surface area contributed by atoms with Gasteiger partial charge in [0.15, 0.2) is 0 Å². The highest BCUT2D eigenvalue weighted by molar-refractivity contribution is 9.10. The van der Waals surface area contributed by atoms with Crippen molar-refractivity contribution in [3.63, 3.8) is 0 Å². The summed E-state index contributed by atoms with van der Waals surface area (Å²) in [7, 11) is 0. The number of aryl methyl sites for hydroxylation is 1. The van der Waals surface area contributed by atoms with Crippen LogP contribution < -0.4 is 0 Å². The van der Waals surface area contributed by atoms with Crippen LogP contribution in [0, 0.1) is 12.7 Å². The molecule has 0 spiro atoms. The fraction of sp³-hybridized carbons (Fsp3) is 0.500. The topological polar surface area (TPSA) is 20.3 Å². The lowest BCUT2D eigenvalue weighted by atomic mass is 9.99. The number of benzene rings is 1. The average molecular weight is 368 g/mol. The molecule has 0 aliphatic carbocycles. The molecule has 1 aliphatic heterocycles. The first-order chi connectivity index (χ1) is 9.73. The zero-order chi connectivity index (χ0) is 15.8. The normalized spacial score (nSPS) is 19.7. The largest absolute Gasteiger partial charge is 0.408 e. The summed E-state index contributed by atoms with van der Waals surface area (Å²) in [5, 5.41) is 0. The van der Waals surface area contributed by atoms with Crippen LogP contribution in [0.3, 0.4) is 0 Å². The van der Waals surface area contributed by atoms with Crippen molar-refractivity contribution in [2.24, 2.45) is 0 Å². The highest BCUT2D eigenvalue weighted by atomic mass is 79.9. The Labute approximate surface area is 128 Å². The average Bonchev–Trinajstić information content (AvgIpc) is 2.42. The van der Waals surface area contributed by atoms with Gasteiger partial charge in [0.05, 0.1) is 5.56 Å². The number of hydrogen-bond donors (Lipinski definition) is 0. The Hall–Kier alpha value is -1.11. The molecule has 0 radical (unpaired) electrons. The number of piperidine rings is 1. The number of carbonyl (C=O) groups is 1. The van der Waals surface area contributed by atoms with E-state index in [1.165, 1.54) is 6.07 Å². The van der Waals surface area contributed by atoms with Gasteiger partial charge in [-0.25, -0.2) is 4.39 Å². The van der Waals surface area contributed by atoms with Crippen LogP contribution in [0.4, 0.5) is 17.6 Å². The van der Waals surface area contributed by atoms with Gasteiger partial charge in [0.25, 0.3) is 5.91 Å². The summed E-state index contributed by atoms with van der Waals surface area (Å²) in [6, 6.07) is 0.721. The van der Waals surface area contributed by atoms with Gasteiger partial charge in [-0.2, -0.15) is 13.2 Å². The molecule has 1 aliphatic rings. The first kappa shape index (κ1) is 16.3. The molecule has 1 amide bonds. The van der Waals surface area contributed by atoms with Gasteiger partial charge in [-0.1, -0.05) is 6.07 Å². The van der Waals surface area contributed by atoms with Gasteiger partial charge in [-0.05, 0) is 53.7 Å². The third-order valence-corrected chi connectivity index (χ3v) is 4.66. The zero-order valence-electron chi connectivity index (χ0n) is 11.3. The van der Waals surface area contributed by atoms with Gasteiger partial charge < -0.3 is 4.90 Å². The van der Waals surface area contributed by atoms with Gasteiger partial charge in [-0.15, -0.1) is 0 Å².